The minimum atomic E-state index is -6.84. The van der Waals surface area contributed by atoms with E-state index in [1.807, 2.05) is 0 Å². The van der Waals surface area contributed by atoms with E-state index in [0.29, 0.717) is 6.07 Å². The molecule has 1 fully saturated rings. The van der Waals surface area contributed by atoms with E-state index in [1.165, 1.54) is 6.92 Å². The summed E-state index contributed by atoms with van der Waals surface area (Å²) < 4.78 is 123. The molecule has 6 nitrogen and oxygen atoms in total. The molecule has 0 spiro atoms. The zero-order valence-corrected chi connectivity index (χ0v) is 13.2. The lowest BCUT2D eigenvalue weighted by atomic mass is 9.99. The lowest BCUT2D eigenvalue weighted by molar-refractivity contribution is -0.384. The van der Waals surface area contributed by atoms with Crippen LogP contribution >= 0.6 is 0 Å². The number of aryl methyl sites for hydroxylation is 1. The number of benzene rings is 1. The van der Waals surface area contributed by atoms with Crippen LogP contribution in [0.2, 0.25) is 0 Å². The molecule has 1 atom stereocenters. The van der Waals surface area contributed by atoms with Crippen molar-refractivity contribution in [1.82, 2.24) is 0 Å². The predicted molar refractivity (Wildman–Crippen MR) is 71.2 cm³/mol. The number of hydrogen-bond donors (Lipinski definition) is 1. The highest BCUT2D eigenvalue weighted by molar-refractivity contribution is 5.98. The third-order valence-electron chi connectivity index (χ3n) is 3.72. The van der Waals surface area contributed by atoms with Gasteiger partial charge >= 0.3 is 35.6 Å². The molecule has 15 heteroatoms. The van der Waals surface area contributed by atoms with E-state index in [-0.39, 0.29) is 5.56 Å². The molecule has 1 unspecified atom stereocenters. The molecule has 1 aliphatic heterocycles. The molecule has 0 saturated carbocycles. The summed E-state index contributed by atoms with van der Waals surface area (Å²) in [6, 6.07) is 2.40. The Bertz CT molecular complexity index is 845. The summed E-state index contributed by atoms with van der Waals surface area (Å²) in [7, 11) is 0. The van der Waals surface area contributed by atoms with Crippen LogP contribution in [0.3, 0.4) is 0 Å². The molecule has 2 rings (SSSR count). The Morgan fingerprint density at radius 1 is 1.11 bits per heavy atom. The van der Waals surface area contributed by atoms with Gasteiger partial charge in [0.25, 0.3) is 5.69 Å². The maximum absolute atomic E-state index is 14.1. The third kappa shape index (κ3) is 2.67. The number of anilines is 1. The number of rotatable bonds is 4. The first-order chi connectivity index (χ1) is 12.4. The highest BCUT2D eigenvalue weighted by Crippen LogP contribution is 2.64. The topological polar surface area (TPSA) is 81.5 Å². The Labute approximate surface area is 148 Å². The van der Waals surface area contributed by atoms with Crippen molar-refractivity contribution in [1.29, 1.82) is 0 Å². The van der Waals surface area contributed by atoms with Gasteiger partial charge in [-0.1, -0.05) is 6.07 Å². The van der Waals surface area contributed by atoms with Crippen molar-refractivity contribution >= 4 is 17.3 Å². The molecule has 0 aliphatic carbocycles. The van der Waals surface area contributed by atoms with Crippen LogP contribution in [0.5, 0.6) is 0 Å². The number of nitro benzene ring substituents is 1. The van der Waals surface area contributed by atoms with E-state index in [9.17, 15) is 54.4 Å². The number of carbonyl (C=O) groups excluding carboxylic acids is 1. The molecule has 28 heavy (non-hydrogen) atoms. The predicted octanol–water partition coefficient (Wildman–Crippen LogP) is 4.04. The van der Waals surface area contributed by atoms with Gasteiger partial charge in [0.05, 0.1) is 4.92 Å². The Hall–Kier alpha value is -2.58. The number of nitrogens with one attached hydrogen (secondary N) is 1. The van der Waals surface area contributed by atoms with E-state index >= 15 is 0 Å². The second-order valence-electron chi connectivity index (χ2n) is 5.67. The van der Waals surface area contributed by atoms with E-state index in [2.05, 4.69) is 4.74 Å². The SMILES string of the molecule is Cc1ccc(NC(=O)C(F)(F)C2(F)OC(F)(F)C(F)(F)C2(F)F)c([N+](=O)[O-])c1. The smallest absolute Gasteiger partial charge is 0.315 e. The molecule has 1 amide bonds. The minimum Gasteiger partial charge on any atom is -0.315 e. The number of amides is 1. The molecule has 1 saturated heterocycles. The summed E-state index contributed by atoms with van der Waals surface area (Å²) in [4.78, 5) is 21.2. The van der Waals surface area contributed by atoms with Crippen molar-refractivity contribution in [2.75, 3.05) is 5.32 Å². The minimum absolute atomic E-state index is 0.184. The van der Waals surface area contributed by atoms with E-state index in [0.717, 1.165) is 17.4 Å². The highest BCUT2D eigenvalue weighted by atomic mass is 19.4. The van der Waals surface area contributed by atoms with Gasteiger partial charge in [0.1, 0.15) is 5.69 Å². The van der Waals surface area contributed by atoms with Crippen LogP contribution in [-0.4, -0.2) is 40.6 Å². The number of nitro groups is 1. The monoisotopic (exact) mass is 426 g/mol. The maximum atomic E-state index is 14.1. The largest absolute Gasteiger partial charge is 0.428 e. The quantitative estimate of drug-likeness (QED) is 0.448. The molecular weight excluding hydrogens is 419 g/mol. The molecular formula is C13H7F9N2O4. The van der Waals surface area contributed by atoms with Crippen molar-refractivity contribution in [2.24, 2.45) is 0 Å². The van der Waals surface area contributed by atoms with Gasteiger partial charge in [0.2, 0.25) is 0 Å². The Morgan fingerprint density at radius 3 is 2.07 bits per heavy atom. The summed E-state index contributed by atoms with van der Waals surface area (Å²) in [6.45, 7) is 1.31. The van der Waals surface area contributed by atoms with Gasteiger partial charge in [-0.2, -0.15) is 39.5 Å². The van der Waals surface area contributed by atoms with E-state index < -0.39 is 51.9 Å². The van der Waals surface area contributed by atoms with Gasteiger partial charge < -0.3 is 5.32 Å². The third-order valence-corrected chi connectivity index (χ3v) is 3.72. The average Bonchev–Trinajstić information content (AvgIpc) is 2.64. The second kappa shape index (κ2) is 5.96. The van der Waals surface area contributed by atoms with Crippen molar-refractivity contribution < 1.29 is 54.0 Å². The number of carbonyl (C=O) groups is 1. The molecule has 0 bridgehead atoms. The van der Waals surface area contributed by atoms with Crippen LogP contribution < -0.4 is 5.32 Å². The first kappa shape index (κ1) is 21.7. The molecule has 1 N–H and O–H groups in total. The summed E-state index contributed by atoms with van der Waals surface area (Å²) >= 11 is 0. The first-order valence-electron chi connectivity index (χ1n) is 6.89. The Morgan fingerprint density at radius 2 is 1.64 bits per heavy atom. The van der Waals surface area contributed by atoms with Crippen molar-refractivity contribution in [3.05, 3.63) is 33.9 Å². The van der Waals surface area contributed by atoms with Crippen LogP contribution in [0, 0.1) is 17.0 Å². The summed E-state index contributed by atoms with van der Waals surface area (Å²) in [5.74, 6) is -29.5. The number of ether oxygens (including phenoxy) is 1. The Balaban J connectivity index is 2.48. The lowest BCUT2D eigenvalue weighted by Crippen LogP contribution is -2.63. The number of hydrogen-bond acceptors (Lipinski definition) is 4. The molecule has 0 aromatic heterocycles. The molecule has 0 radical (unpaired) electrons. The van der Waals surface area contributed by atoms with Crippen LogP contribution in [0.4, 0.5) is 50.9 Å². The van der Waals surface area contributed by atoms with Crippen LogP contribution in [0.15, 0.2) is 18.2 Å². The summed E-state index contributed by atoms with van der Waals surface area (Å²) in [6.07, 6.45) is -6.38. The van der Waals surface area contributed by atoms with Gasteiger partial charge in [-0.15, -0.1) is 0 Å². The van der Waals surface area contributed by atoms with E-state index in [4.69, 9.17) is 0 Å². The van der Waals surface area contributed by atoms with Crippen LogP contribution in [0.1, 0.15) is 5.56 Å². The normalized spacial score (nSPS) is 25.4. The van der Waals surface area contributed by atoms with Crippen molar-refractivity contribution in [2.45, 2.75) is 36.7 Å². The zero-order chi connectivity index (χ0) is 21.9. The fourth-order valence-corrected chi connectivity index (χ4v) is 2.20. The number of nitrogens with zero attached hydrogens (tertiary/aromatic N) is 1. The van der Waals surface area contributed by atoms with Crippen molar-refractivity contribution in [3.63, 3.8) is 0 Å². The molecule has 1 aliphatic rings. The zero-order valence-electron chi connectivity index (χ0n) is 13.2. The van der Waals surface area contributed by atoms with Crippen LogP contribution in [0.25, 0.3) is 0 Å². The van der Waals surface area contributed by atoms with Crippen LogP contribution in [-0.2, 0) is 9.53 Å². The molecule has 156 valence electrons. The highest BCUT2D eigenvalue weighted by Gasteiger charge is 2.96. The summed E-state index contributed by atoms with van der Waals surface area (Å²) in [5.41, 5.74) is -1.93. The van der Waals surface area contributed by atoms with Gasteiger partial charge in [0, 0.05) is 6.07 Å². The van der Waals surface area contributed by atoms with E-state index in [1.54, 1.807) is 0 Å². The Kier molecular flexibility index (Phi) is 4.62. The standard InChI is InChI=1S/C13H7F9N2O4/c1-5-2-3-6(7(4-5)24(26)27)23-8(25)9(14,15)12(20)10(16,17)11(18,19)13(21,22)28-12/h2-4H,1H3,(H,23,25). The molecule has 1 aromatic rings. The maximum Gasteiger partial charge on any atom is 0.428 e. The lowest BCUT2D eigenvalue weighted by Gasteiger charge is -2.31. The second-order valence-corrected chi connectivity index (χ2v) is 5.67. The fourth-order valence-electron chi connectivity index (χ4n) is 2.20. The van der Waals surface area contributed by atoms with Gasteiger partial charge in [-0.3, -0.25) is 19.6 Å². The molecule has 1 aromatic carbocycles. The fraction of sp³-hybridized carbons (Fsp3) is 0.462. The molecule has 1 heterocycles. The summed E-state index contributed by atoms with van der Waals surface area (Å²) in [5, 5.41) is 11.8. The number of halogens is 9. The first-order valence-corrected chi connectivity index (χ1v) is 6.89. The van der Waals surface area contributed by atoms with Gasteiger partial charge in [0.15, 0.2) is 0 Å². The number of alkyl halides is 9. The van der Waals surface area contributed by atoms with Gasteiger partial charge in [-0.25, -0.2) is 0 Å². The van der Waals surface area contributed by atoms with Crippen molar-refractivity contribution in [3.8, 4) is 0 Å². The van der Waals surface area contributed by atoms with Gasteiger partial charge in [-0.05, 0) is 18.6 Å². The average molecular weight is 426 g/mol.